The van der Waals surface area contributed by atoms with E-state index in [2.05, 4.69) is 4.90 Å². The summed E-state index contributed by atoms with van der Waals surface area (Å²) in [5, 5.41) is 15.4. The van der Waals surface area contributed by atoms with Crippen LogP contribution in [0.15, 0.2) is 71.6 Å². The van der Waals surface area contributed by atoms with Crippen molar-refractivity contribution < 1.29 is 18.4 Å². The summed E-state index contributed by atoms with van der Waals surface area (Å²) >= 11 is 0. The van der Waals surface area contributed by atoms with Crippen LogP contribution in [0.2, 0.25) is 0 Å². The van der Waals surface area contributed by atoms with Crippen LogP contribution in [0.1, 0.15) is 29.6 Å². The van der Waals surface area contributed by atoms with Crippen LogP contribution >= 0.6 is 0 Å². The summed E-state index contributed by atoms with van der Waals surface area (Å²) in [6, 6.07) is 19.7. The van der Waals surface area contributed by atoms with E-state index in [0.717, 1.165) is 29.5 Å². The molecule has 1 aliphatic heterocycles. The topological polar surface area (TPSA) is 113 Å². The fraction of sp³-hybridized carbons (Fsp3) is 0.227. The van der Waals surface area contributed by atoms with Crippen LogP contribution in [-0.2, 0) is 10.0 Å². The number of hydrogen-bond donors (Lipinski definition) is 3. The second-order valence-corrected chi connectivity index (χ2v) is 8.65. The van der Waals surface area contributed by atoms with Gasteiger partial charge in [-0.25, -0.2) is 19.0 Å². The Labute approximate surface area is 176 Å². The van der Waals surface area contributed by atoms with Gasteiger partial charge in [-0.05, 0) is 66.4 Å². The number of amides is 1. The minimum absolute atomic E-state index is 0.149. The van der Waals surface area contributed by atoms with Crippen LogP contribution in [0.3, 0.4) is 0 Å². The van der Waals surface area contributed by atoms with Gasteiger partial charge in [-0.1, -0.05) is 30.3 Å². The lowest BCUT2D eigenvalue weighted by Gasteiger charge is -2.28. The molecule has 4 rings (SSSR count). The van der Waals surface area contributed by atoms with Crippen LogP contribution < -0.4 is 15.5 Å². The molecule has 8 heteroatoms. The van der Waals surface area contributed by atoms with Crippen molar-refractivity contribution in [3.05, 3.63) is 72.3 Å². The second-order valence-electron chi connectivity index (χ2n) is 7.09. The molecular formula is C22H25N3O4S. The van der Waals surface area contributed by atoms with Gasteiger partial charge in [0.2, 0.25) is 10.0 Å². The number of piperidine rings is 1. The summed E-state index contributed by atoms with van der Waals surface area (Å²) < 4.78 is 22.1. The van der Waals surface area contributed by atoms with E-state index in [1.54, 1.807) is 29.7 Å². The summed E-state index contributed by atoms with van der Waals surface area (Å²) in [6.07, 6.45) is 3.78. The van der Waals surface area contributed by atoms with E-state index in [1.165, 1.54) is 25.3 Å². The molecule has 0 saturated carbocycles. The van der Waals surface area contributed by atoms with Crippen LogP contribution in [0.4, 0.5) is 5.69 Å². The average Bonchev–Trinajstić information content (AvgIpc) is 2.79. The molecule has 1 heterocycles. The predicted octanol–water partition coefficient (Wildman–Crippen LogP) is 3.28. The number of sulfonamides is 1. The number of nitrogens with zero attached hydrogens (tertiary/aromatic N) is 1. The lowest BCUT2D eigenvalue weighted by Crippen LogP contribution is -2.29. The number of hydroxylamine groups is 1. The first kappa shape index (κ1) is 21.8. The largest absolute Gasteiger partial charge is 0.372 e. The maximum atomic E-state index is 11.1. The van der Waals surface area contributed by atoms with Crippen LogP contribution in [-0.4, -0.2) is 32.6 Å². The van der Waals surface area contributed by atoms with Crippen molar-refractivity contribution in [2.24, 2.45) is 5.14 Å². The van der Waals surface area contributed by atoms with E-state index in [9.17, 15) is 13.2 Å². The molecule has 3 aromatic rings. The quantitative estimate of drug-likeness (QED) is 0.439. The molecule has 0 spiro atoms. The van der Waals surface area contributed by atoms with Gasteiger partial charge in [-0.2, -0.15) is 0 Å². The number of hydrogen-bond acceptors (Lipinski definition) is 5. The summed E-state index contributed by atoms with van der Waals surface area (Å²) in [5.74, 6) is -0.467. The number of fused-ring (bicyclic) bond motifs is 1. The highest BCUT2D eigenvalue weighted by atomic mass is 32.2. The molecule has 0 bridgehead atoms. The normalized spacial score (nSPS) is 14.0. The van der Waals surface area contributed by atoms with Crippen molar-refractivity contribution in [3.8, 4) is 0 Å². The number of primary sulfonamides is 1. The zero-order valence-corrected chi connectivity index (χ0v) is 17.3. The Morgan fingerprint density at radius 1 is 0.900 bits per heavy atom. The first-order valence-electron chi connectivity index (χ1n) is 9.69. The molecule has 158 valence electrons. The standard InChI is InChI=1S/C12H16N2O2.C10H9NO2S/c15-12(13-16)10-4-6-11(7-5-10)14-8-2-1-3-9-14;11-14(12,13)10-6-5-8-3-1-2-4-9(8)7-10/h4-7,16H,1-3,8-9H2,(H,13,15);1-7H,(H2,11,12,13). The second kappa shape index (κ2) is 9.71. The Morgan fingerprint density at radius 3 is 2.13 bits per heavy atom. The van der Waals surface area contributed by atoms with Crippen LogP contribution in [0.5, 0.6) is 0 Å². The molecule has 7 nitrogen and oxygen atoms in total. The SMILES string of the molecule is NS(=O)(=O)c1ccc2ccccc2c1.O=C(NO)c1ccc(N2CCCCC2)cc1. The number of nitrogens with two attached hydrogens (primary N) is 1. The summed E-state index contributed by atoms with van der Waals surface area (Å²) in [7, 11) is -3.59. The van der Waals surface area contributed by atoms with Crippen molar-refractivity contribution in [3.63, 3.8) is 0 Å². The molecule has 30 heavy (non-hydrogen) atoms. The zero-order valence-electron chi connectivity index (χ0n) is 16.5. The zero-order chi connectivity index (χ0) is 21.6. The third kappa shape index (κ3) is 5.56. The lowest BCUT2D eigenvalue weighted by atomic mass is 10.1. The summed E-state index contributed by atoms with van der Waals surface area (Å²) in [4.78, 5) is 13.6. The highest BCUT2D eigenvalue weighted by Gasteiger charge is 2.11. The van der Waals surface area contributed by atoms with E-state index >= 15 is 0 Å². The average molecular weight is 428 g/mol. The van der Waals surface area contributed by atoms with Crippen molar-refractivity contribution in [1.82, 2.24) is 5.48 Å². The van der Waals surface area contributed by atoms with Gasteiger partial charge in [-0.3, -0.25) is 10.0 Å². The fourth-order valence-electron chi connectivity index (χ4n) is 3.38. The van der Waals surface area contributed by atoms with Gasteiger partial charge in [-0.15, -0.1) is 0 Å². The van der Waals surface area contributed by atoms with E-state index in [-0.39, 0.29) is 4.90 Å². The van der Waals surface area contributed by atoms with Gasteiger partial charge in [0.25, 0.3) is 5.91 Å². The Morgan fingerprint density at radius 2 is 1.53 bits per heavy atom. The molecule has 3 aromatic carbocycles. The third-order valence-corrected chi connectivity index (χ3v) is 5.91. The van der Waals surface area contributed by atoms with Crippen LogP contribution in [0, 0.1) is 0 Å². The van der Waals surface area contributed by atoms with E-state index < -0.39 is 15.9 Å². The summed E-state index contributed by atoms with van der Waals surface area (Å²) in [5.41, 5.74) is 3.25. The van der Waals surface area contributed by atoms with Gasteiger partial charge < -0.3 is 4.90 Å². The Balaban J connectivity index is 0.000000172. The van der Waals surface area contributed by atoms with E-state index in [1.807, 2.05) is 36.4 Å². The molecule has 1 fully saturated rings. The molecule has 0 aliphatic carbocycles. The van der Waals surface area contributed by atoms with Gasteiger partial charge >= 0.3 is 0 Å². The Hall–Kier alpha value is -2.94. The fourth-order valence-corrected chi connectivity index (χ4v) is 3.93. The molecule has 1 saturated heterocycles. The van der Waals surface area contributed by atoms with Crippen molar-refractivity contribution in [1.29, 1.82) is 0 Å². The number of anilines is 1. The number of carbonyl (C=O) groups is 1. The van der Waals surface area contributed by atoms with Gasteiger partial charge in [0.05, 0.1) is 4.90 Å². The van der Waals surface area contributed by atoms with E-state index in [0.29, 0.717) is 5.56 Å². The molecule has 0 aromatic heterocycles. The molecular weight excluding hydrogens is 402 g/mol. The Kier molecular flexibility index (Phi) is 7.04. The number of rotatable bonds is 3. The lowest BCUT2D eigenvalue weighted by molar-refractivity contribution is 0.0706. The minimum Gasteiger partial charge on any atom is -0.372 e. The Bertz CT molecular complexity index is 1110. The maximum Gasteiger partial charge on any atom is 0.274 e. The number of carbonyl (C=O) groups excluding carboxylic acids is 1. The van der Waals surface area contributed by atoms with Crippen LogP contribution in [0.25, 0.3) is 10.8 Å². The first-order chi connectivity index (χ1) is 14.4. The van der Waals surface area contributed by atoms with E-state index in [4.69, 9.17) is 10.3 Å². The van der Waals surface area contributed by atoms with Crippen molar-refractivity contribution in [2.75, 3.05) is 18.0 Å². The van der Waals surface area contributed by atoms with Crippen molar-refractivity contribution in [2.45, 2.75) is 24.2 Å². The third-order valence-electron chi connectivity index (χ3n) is 5.00. The molecule has 0 atom stereocenters. The van der Waals surface area contributed by atoms with Crippen molar-refractivity contribution >= 4 is 32.4 Å². The highest BCUT2D eigenvalue weighted by Crippen LogP contribution is 2.20. The number of nitrogens with one attached hydrogen (secondary N) is 1. The predicted molar refractivity (Wildman–Crippen MR) is 117 cm³/mol. The molecule has 0 radical (unpaired) electrons. The molecule has 4 N–H and O–H groups in total. The summed E-state index contributed by atoms with van der Waals surface area (Å²) in [6.45, 7) is 2.18. The molecule has 0 unspecified atom stereocenters. The highest BCUT2D eigenvalue weighted by molar-refractivity contribution is 7.89. The van der Waals surface area contributed by atoms with Gasteiger partial charge in [0.1, 0.15) is 0 Å². The first-order valence-corrected chi connectivity index (χ1v) is 11.2. The monoisotopic (exact) mass is 427 g/mol. The van der Waals surface area contributed by atoms with Gasteiger partial charge in [0, 0.05) is 24.3 Å². The van der Waals surface area contributed by atoms with Gasteiger partial charge in [0.15, 0.2) is 0 Å². The minimum atomic E-state index is -3.59. The maximum absolute atomic E-state index is 11.1. The number of benzene rings is 3. The smallest absolute Gasteiger partial charge is 0.274 e. The molecule has 1 aliphatic rings. The molecule has 1 amide bonds.